The van der Waals surface area contributed by atoms with E-state index >= 15 is 0 Å². The minimum Gasteiger partial charge on any atom is -0.491 e. The molecule has 0 bridgehead atoms. The smallest absolute Gasteiger partial charge is 0.358 e. The topological polar surface area (TPSA) is 98.1 Å². The molecule has 0 saturated heterocycles. The Kier molecular flexibility index (Phi) is 9.93. The summed E-state index contributed by atoms with van der Waals surface area (Å²) in [6.45, 7) is 7.76. The summed E-state index contributed by atoms with van der Waals surface area (Å²) in [7, 11) is -0.0351. The van der Waals surface area contributed by atoms with E-state index in [0.29, 0.717) is 36.2 Å². The zero-order chi connectivity index (χ0) is 25.5. The number of aryl methyl sites for hydroxylation is 1. The molecule has 0 unspecified atom stereocenters. The lowest BCUT2D eigenvalue weighted by Gasteiger charge is -2.14. The fourth-order valence-electron chi connectivity index (χ4n) is 3.23. The van der Waals surface area contributed by atoms with Gasteiger partial charge in [-0.3, -0.25) is 4.55 Å². The Balaban J connectivity index is 0.000000310. The third-order valence-electron chi connectivity index (χ3n) is 4.83. The van der Waals surface area contributed by atoms with Gasteiger partial charge in [-0.15, -0.1) is 0 Å². The van der Waals surface area contributed by atoms with Crippen molar-refractivity contribution in [1.82, 2.24) is 9.47 Å². The Hall–Kier alpha value is -2.59. The molecule has 0 fully saturated rings. The summed E-state index contributed by atoms with van der Waals surface area (Å²) in [5.41, 5.74) is 2.29. The second kappa shape index (κ2) is 12.2. The summed E-state index contributed by atoms with van der Waals surface area (Å²) < 4.78 is 42.5. The average molecular weight is 511 g/mol. The van der Waals surface area contributed by atoms with Crippen LogP contribution >= 0.6 is 11.6 Å². The van der Waals surface area contributed by atoms with Gasteiger partial charge in [0.15, 0.2) is 11.4 Å². The Morgan fingerprint density at radius 3 is 2.26 bits per heavy atom. The van der Waals surface area contributed by atoms with Crippen LogP contribution in [-0.4, -0.2) is 62.3 Å². The van der Waals surface area contributed by atoms with Crippen LogP contribution in [0.4, 0.5) is 0 Å². The number of likely N-dealkylation sites (N-methyl/N-ethyl adjacent to an activating group) is 1. The molecule has 0 atom stereocenters. The third-order valence-corrected chi connectivity index (χ3v) is 5.93. The lowest BCUT2D eigenvalue weighted by molar-refractivity contribution is 0.0509. The van der Waals surface area contributed by atoms with Crippen LogP contribution in [0.2, 0.25) is 5.02 Å². The van der Waals surface area contributed by atoms with Crippen LogP contribution in [-0.2, 0) is 21.4 Å². The van der Waals surface area contributed by atoms with E-state index in [1.54, 1.807) is 25.1 Å². The van der Waals surface area contributed by atoms with Crippen molar-refractivity contribution in [3.63, 3.8) is 0 Å². The molecule has 186 valence electrons. The number of esters is 1. The van der Waals surface area contributed by atoms with Crippen molar-refractivity contribution in [3.8, 4) is 5.75 Å². The average Bonchev–Trinajstić information content (AvgIpc) is 3.05. The number of halogens is 1. The second-order valence-electron chi connectivity index (χ2n) is 7.74. The van der Waals surface area contributed by atoms with Crippen LogP contribution in [0, 0.1) is 6.92 Å². The largest absolute Gasteiger partial charge is 0.491 e. The van der Waals surface area contributed by atoms with Crippen molar-refractivity contribution in [2.45, 2.75) is 32.2 Å². The first kappa shape index (κ1) is 27.7. The number of carbonyl (C=O) groups is 1. The van der Waals surface area contributed by atoms with E-state index in [1.807, 2.05) is 44.6 Å². The van der Waals surface area contributed by atoms with E-state index in [1.165, 1.54) is 12.1 Å². The molecule has 0 saturated carbocycles. The summed E-state index contributed by atoms with van der Waals surface area (Å²) in [5, 5.41) is 1.50. The van der Waals surface area contributed by atoms with E-state index in [-0.39, 0.29) is 10.9 Å². The maximum absolute atomic E-state index is 12.5. The number of rotatable bonds is 8. The van der Waals surface area contributed by atoms with E-state index in [4.69, 9.17) is 25.6 Å². The standard InChI is InChI=1S/C17H23ClN2O3.C7H8O3S/c1-5-22-16-13-8-7-12(18)11-14(13)20(10-9-19(3)4)15(16)17(21)23-6-2;1-6-2-4-7(5-3-6)11(8,9)10/h7-8,11H,5-6,9-10H2,1-4H3;2-5H,1H3,(H,8,9,10). The van der Waals surface area contributed by atoms with Crippen molar-refractivity contribution < 1.29 is 27.2 Å². The van der Waals surface area contributed by atoms with Crippen LogP contribution in [0.25, 0.3) is 10.9 Å². The molecule has 0 aliphatic carbocycles. The van der Waals surface area contributed by atoms with Gasteiger partial charge in [0, 0.05) is 23.5 Å². The van der Waals surface area contributed by atoms with Gasteiger partial charge in [0.25, 0.3) is 10.1 Å². The lowest BCUT2D eigenvalue weighted by Crippen LogP contribution is -2.21. The van der Waals surface area contributed by atoms with E-state index in [2.05, 4.69) is 4.90 Å². The van der Waals surface area contributed by atoms with Crippen LogP contribution in [0.3, 0.4) is 0 Å². The maximum atomic E-state index is 12.5. The van der Waals surface area contributed by atoms with Crippen molar-refractivity contribution in [2.24, 2.45) is 0 Å². The molecule has 34 heavy (non-hydrogen) atoms. The first-order valence-electron chi connectivity index (χ1n) is 10.8. The fourth-order valence-corrected chi connectivity index (χ4v) is 3.87. The maximum Gasteiger partial charge on any atom is 0.358 e. The van der Waals surface area contributed by atoms with Gasteiger partial charge in [0.05, 0.1) is 23.6 Å². The molecular formula is C24H31ClN2O6S. The summed E-state index contributed by atoms with van der Waals surface area (Å²) >= 11 is 6.15. The van der Waals surface area contributed by atoms with Gasteiger partial charge in [0.1, 0.15) is 0 Å². The molecular weight excluding hydrogens is 480 g/mol. The first-order valence-corrected chi connectivity index (χ1v) is 12.6. The van der Waals surface area contributed by atoms with Gasteiger partial charge in [-0.2, -0.15) is 8.42 Å². The van der Waals surface area contributed by atoms with E-state index < -0.39 is 10.1 Å². The molecule has 0 radical (unpaired) electrons. The SMILES string of the molecule is CCOC(=O)c1c(OCC)c2ccc(Cl)cc2n1CCN(C)C.Cc1ccc(S(=O)(=O)O)cc1. The number of aromatic nitrogens is 1. The summed E-state index contributed by atoms with van der Waals surface area (Å²) in [6.07, 6.45) is 0. The number of fused-ring (bicyclic) bond motifs is 1. The van der Waals surface area contributed by atoms with Crippen molar-refractivity contribution in [1.29, 1.82) is 0 Å². The molecule has 0 aliphatic rings. The molecule has 1 aromatic heterocycles. The van der Waals surface area contributed by atoms with Crippen molar-refractivity contribution in [2.75, 3.05) is 33.9 Å². The van der Waals surface area contributed by atoms with Crippen LogP contribution in [0.5, 0.6) is 5.75 Å². The quantitative estimate of drug-likeness (QED) is 0.347. The second-order valence-corrected chi connectivity index (χ2v) is 9.59. The van der Waals surface area contributed by atoms with Gasteiger partial charge >= 0.3 is 5.97 Å². The molecule has 0 aliphatic heterocycles. The number of carbonyl (C=O) groups excluding carboxylic acids is 1. The van der Waals surface area contributed by atoms with Gasteiger partial charge in [-0.05, 0) is 65.2 Å². The number of ether oxygens (including phenoxy) is 2. The Morgan fingerprint density at radius 1 is 1.09 bits per heavy atom. The molecule has 0 amide bonds. The highest BCUT2D eigenvalue weighted by atomic mass is 35.5. The molecule has 0 spiro atoms. The predicted octanol–water partition coefficient (Wildman–Crippen LogP) is 4.67. The lowest BCUT2D eigenvalue weighted by atomic mass is 10.2. The Morgan fingerprint density at radius 2 is 1.74 bits per heavy atom. The minimum atomic E-state index is -4.02. The van der Waals surface area contributed by atoms with Gasteiger partial charge in [-0.1, -0.05) is 29.3 Å². The Bertz CT molecular complexity index is 1220. The zero-order valence-electron chi connectivity index (χ0n) is 20.0. The van der Waals surface area contributed by atoms with Crippen LogP contribution in [0.15, 0.2) is 47.4 Å². The minimum absolute atomic E-state index is 0.0666. The number of nitrogens with zero attached hydrogens (tertiary/aromatic N) is 2. The molecule has 1 heterocycles. The first-order chi connectivity index (χ1) is 16.0. The monoisotopic (exact) mass is 510 g/mol. The van der Waals surface area contributed by atoms with Crippen LogP contribution in [0.1, 0.15) is 29.9 Å². The van der Waals surface area contributed by atoms with Gasteiger partial charge < -0.3 is 18.9 Å². The normalized spacial score (nSPS) is 11.3. The summed E-state index contributed by atoms with van der Waals surface area (Å²) in [6, 6.07) is 11.5. The molecule has 3 rings (SSSR count). The fraction of sp³-hybridized carbons (Fsp3) is 0.375. The number of hydrogen-bond donors (Lipinski definition) is 1. The van der Waals surface area contributed by atoms with Gasteiger partial charge in [0.2, 0.25) is 0 Å². The van der Waals surface area contributed by atoms with E-state index in [0.717, 1.165) is 23.0 Å². The van der Waals surface area contributed by atoms with Crippen LogP contribution < -0.4 is 4.74 Å². The predicted molar refractivity (Wildman–Crippen MR) is 134 cm³/mol. The summed E-state index contributed by atoms with van der Waals surface area (Å²) in [5.74, 6) is 0.193. The Labute approximate surface area is 205 Å². The molecule has 8 nitrogen and oxygen atoms in total. The highest BCUT2D eigenvalue weighted by Crippen LogP contribution is 2.35. The third kappa shape index (κ3) is 7.20. The van der Waals surface area contributed by atoms with Crippen molar-refractivity contribution in [3.05, 3.63) is 58.7 Å². The molecule has 10 heteroatoms. The van der Waals surface area contributed by atoms with Crippen molar-refractivity contribution >= 4 is 38.6 Å². The highest BCUT2D eigenvalue weighted by molar-refractivity contribution is 7.85. The highest BCUT2D eigenvalue weighted by Gasteiger charge is 2.25. The van der Waals surface area contributed by atoms with E-state index in [9.17, 15) is 13.2 Å². The number of benzene rings is 2. The van der Waals surface area contributed by atoms with Gasteiger partial charge in [-0.25, -0.2) is 4.79 Å². The zero-order valence-corrected chi connectivity index (χ0v) is 21.6. The molecule has 1 N–H and O–H groups in total. The molecule has 3 aromatic rings. The summed E-state index contributed by atoms with van der Waals surface area (Å²) in [4.78, 5) is 14.5. The number of hydrogen-bond acceptors (Lipinski definition) is 6. The molecule has 2 aromatic carbocycles.